The van der Waals surface area contributed by atoms with Crippen molar-refractivity contribution in [3.8, 4) is 40.1 Å². The van der Waals surface area contributed by atoms with Gasteiger partial charge in [0, 0.05) is 17.7 Å². The maximum absolute atomic E-state index is 13.8. The maximum Gasteiger partial charge on any atom is 0.239 e. The summed E-state index contributed by atoms with van der Waals surface area (Å²) in [5.74, 6) is -2.22. The Balaban J connectivity index is 1.62. The van der Waals surface area contributed by atoms with Crippen molar-refractivity contribution in [1.82, 2.24) is 0 Å². The maximum atomic E-state index is 13.8. The van der Waals surface area contributed by atoms with Crippen molar-refractivity contribution in [1.29, 1.82) is 0 Å². The standard InChI is InChI=1S/C28H32O16/c1-9-18(32)21(35)23(37)27(40-9)42-14-5-10(3-4-12(14)30)25-26(44-28-24(38)22(36)19(33)16(8-29)43-28)20(34)17-13(31)6-11(39-2)7-15(17)41-25/h3-7,9,16,18-19,21-24,27-33,35-38H,8H2,1-2H3/t9-,16?,18-,19-,21?,22?,23?,24?,27-,28-/m0/s1. The summed E-state index contributed by atoms with van der Waals surface area (Å²) in [6, 6.07) is 6.03. The van der Waals surface area contributed by atoms with E-state index in [4.69, 9.17) is 28.1 Å². The molecule has 0 aliphatic carbocycles. The van der Waals surface area contributed by atoms with Crippen LogP contribution in [0.25, 0.3) is 22.3 Å². The molecule has 2 aliphatic heterocycles. The normalized spacial score (nSPS) is 32.4. The number of phenolic OH excluding ortho intramolecular Hbond substituents is 2. The molecule has 5 unspecified atom stereocenters. The Morgan fingerprint density at radius 1 is 0.795 bits per heavy atom. The van der Waals surface area contributed by atoms with E-state index < -0.39 is 90.7 Å². The van der Waals surface area contributed by atoms with Crippen molar-refractivity contribution in [3.63, 3.8) is 0 Å². The number of benzene rings is 2. The molecular weight excluding hydrogens is 592 g/mol. The number of aliphatic hydroxyl groups is 7. The first kappa shape index (κ1) is 31.7. The van der Waals surface area contributed by atoms with Gasteiger partial charge in [0.1, 0.15) is 65.2 Å². The van der Waals surface area contributed by atoms with Crippen molar-refractivity contribution in [3.05, 3.63) is 40.6 Å². The zero-order chi connectivity index (χ0) is 32.0. The number of aliphatic hydroxyl groups excluding tert-OH is 7. The smallest absolute Gasteiger partial charge is 0.239 e. The third-order valence-corrected chi connectivity index (χ3v) is 7.50. The van der Waals surface area contributed by atoms with E-state index in [1.807, 2.05) is 0 Å². The molecule has 240 valence electrons. The van der Waals surface area contributed by atoms with Gasteiger partial charge in [-0.05, 0) is 25.1 Å². The Morgan fingerprint density at radius 2 is 1.45 bits per heavy atom. The lowest BCUT2D eigenvalue weighted by Crippen LogP contribution is -2.60. The second-order valence-corrected chi connectivity index (χ2v) is 10.4. The molecule has 5 rings (SSSR count). The van der Waals surface area contributed by atoms with Gasteiger partial charge in [0.2, 0.25) is 23.8 Å². The third kappa shape index (κ3) is 5.63. The van der Waals surface area contributed by atoms with Gasteiger partial charge >= 0.3 is 0 Å². The predicted molar refractivity (Wildman–Crippen MR) is 145 cm³/mol. The van der Waals surface area contributed by atoms with Gasteiger partial charge in [0.15, 0.2) is 17.3 Å². The van der Waals surface area contributed by atoms with Gasteiger partial charge in [-0.1, -0.05) is 0 Å². The Labute approximate surface area is 248 Å². The van der Waals surface area contributed by atoms with Crippen LogP contribution in [0.1, 0.15) is 6.92 Å². The number of fused-ring (bicyclic) bond motifs is 1. The Kier molecular flexibility index (Phi) is 8.90. The number of aromatic hydroxyl groups is 2. The minimum atomic E-state index is -1.91. The van der Waals surface area contributed by atoms with Gasteiger partial charge in [-0.25, -0.2) is 0 Å². The zero-order valence-electron chi connectivity index (χ0n) is 23.3. The highest BCUT2D eigenvalue weighted by atomic mass is 16.7. The molecule has 0 amide bonds. The molecule has 2 fully saturated rings. The van der Waals surface area contributed by atoms with Crippen LogP contribution in [0.5, 0.6) is 28.7 Å². The number of hydrogen-bond donors (Lipinski definition) is 9. The number of rotatable bonds is 7. The van der Waals surface area contributed by atoms with Crippen molar-refractivity contribution in [2.45, 2.75) is 68.3 Å². The molecule has 0 radical (unpaired) electrons. The lowest BCUT2D eigenvalue weighted by atomic mass is 9.99. The minimum Gasteiger partial charge on any atom is -0.507 e. The second-order valence-electron chi connectivity index (χ2n) is 10.4. The van der Waals surface area contributed by atoms with Crippen LogP contribution in [-0.2, 0) is 9.47 Å². The fraction of sp³-hybridized carbons (Fsp3) is 0.464. The molecule has 9 N–H and O–H groups in total. The molecule has 1 aromatic heterocycles. The van der Waals surface area contributed by atoms with Crippen LogP contribution in [0, 0.1) is 0 Å². The quantitative estimate of drug-likeness (QED) is 0.141. The summed E-state index contributed by atoms with van der Waals surface area (Å²) in [4.78, 5) is 13.8. The molecule has 2 aromatic carbocycles. The summed E-state index contributed by atoms with van der Waals surface area (Å²) in [7, 11) is 1.32. The first-order chi connectivity index (χ1) is 20.9. The van der Waals surface area contributed by atoms with E-state index in [0.717, 1.165) is 18.2 Å². The third-order valence-electron chi connectivity index (χ3n) is 7.50. The molecule has 16 nitrogen and oxygen atoms in total. The van der Waals surface area contributed by atoms with E-state index in [-0.39, 0.29) is 33.8 Å². The predicted octanol–water partition coefficient (Wildman–Crippen LogP) is -1.74. The summed E-state index contributed by atoms with van der Waals surface area (Å²) in [6.07, 6.45) is -15.9. The van der Waals surface area contributed by atoms with Crippen LogP contribution in [0.3, 0.4) is 0 Å². The summed E-state index contributed by atoms with van der Waals surface area (Å²) >= 11 is 0. The van der Waals surface area contributed by atoms with Gasteiger partial charge in [-0.3, -0.25) is 4.79 Å². The van der Waals surface area contributed by atoms with E-state index in [1.54, 1.807) is 0 Å². The average Bonchev–Trinajstić information content (AvgIpc) is 3.00. The van der Waals surface area contributed by atoms with Crippen LogP contribution < -0.4 is 19.6 Å². The molecule has 2 aliphatic rings. The summed E-state index contributed by atoms with van der Waals surface area (Å²) in [5, 5.41) is 91.8. The lowest BCUT2D eigenvalue weighted by molar-refractivity contribution is -0.277. The van der Waals surface area contributed by atoms with Crippen LogP contribution in [0.15, 0.2) is 39.5 Å². The molecule has 2 saturated heterocycles. The Bertz CT molecular complexity index is 1550. The van der Waals surface area contributed by atoms with E-state index in [9.17, 15) is 50.8 Å². The van der Waals surface area contributed by atoms with Crippen molar-refractivity contribution in [2.75, 3.05) is 13.7 Å². The zero-order valence-corrected chi connectivity index (χ0v) is 23.3. The molecule has 3 heterocycles. The molecule has 0 saturated carbocycles. The van der Waals surface area contributed by atoms with Crippen molar-refractivity contribution < 1.29 is 74.1 Å². The highest BCUT2D eigenvalue weighted by Crippen LogP contribution is 2.40. The first-order valence-corrected chi connectivity index (χ1v) is 13.4. The number of methoxy groups -OCH3 is 1. The molecule has 3 aromatic rings. The SMILES string of the molecule is COc1cc(O)c2c(=O)c(O[C@@H]3OC(CO)[C@H](O)C(O)C3O)c(-c3ccc(O)c(O[C@@H]4O[C@@H](C)[C@H](O)C(O)C4O)c3)oc2c1. The molecule has 0 bridgehead atoms. The fourth-order valence-corrected chi connectivity index (χ4v) is 4.94. The highest BCUT2D eigenvalue weighted by Gasteiger charge is 2.46. The Hall–Kier alpha value is -3.71. The monoisotopic (exact) mass is 624 g/mol. The summed E-state index contributed by atoms with van der Waals surface area (Å²) in [6.45, 7) is 0.658. The fourth-order valence-electron chi connectivity index (χ4n) is 4.94. The molecule has 44 heavy (non-hydrogen) atoms. The van der Waals surface area contributed by atoms with Crippen LogP contribution in [0.4, 0.5) is 0 Å². The van der Waals surface area contributed by atoms with E-state index >= 15 is 0 Å². The van der Waals surface area contributed by atoms with Gasteiger partial charge in [-0.2, -0.15) is 0 Å². The largest absolute Gasteiger partial charge is 0.507 e. The summed E-state index contributed by atoms with van der Waals surface area (Å²) in [5.41, 5.74) is -1.14. The Morgan fingerprint density at radius 3 is 2.11 bits per heavy atom. The number of hydrogen-bond acceptors (Lipinski definition) is 16. The molecular formula is C28H32O16. The first-order valence-electron chi connectivity index (χ1n) is 13.4. The van der Waals surface area contributed by atoms with E-state index in [0.29, 0.717) is 0 Å². The van der Waals surface area contributed by atoms with Gasteiger partial charge in [-0.15, -0.1) is 0 Å². The summed E-state index contributed by atoms with van der Waals surface area (Å²) < 4.78 is 33.3. The molecule has 16 heteroatoms. The van der Waals surface area contributed by atoms with Crippen molar-refractivity contribution >= 4 is 11.0 Å². The van der Waals surface area contributed by atoms with Crippen LogP contribution in [0.2, 0.25) is 0 Å². The highest BCUT2D eigenvalue weighted by molar-refractivity contribution is 5.88. The average molecular weight is 625 g/mol. The van der Waals surface area contributed by atoms with Crippen LogP contribution in [-0.4, -0.2) is 121 Å². The topological polar surface area (TPSA) is 258 Å². The molecule has 10 atom stereocenters. The van der Waals surface area contributed by atoms with Gasteiger partial charge < -0.3 is 74.1 Å². The number of phenols is 2. The van der Waals surface area contributed by atoms with E-state index in [2.05, 4.69) is 0 Å². The second kappa shape index (κ2) is 12.4. The van der Waals surface area contributed by atoms with Gasteiger partial charge in [0.05, 0.1) is 19.8 Å². The van der Waals surface area contributed by atoms with Crippen LogP contribution >= 0.6 is 0 Å². The van der Waals surface area contributed by atoms with Gasteiger partial charge in [0.25, 0.3) is 0 Å². The van der Waals surface area contributed by atoms with Crippen molar-refractivity contribution in [2.24, 2.45) is 0 Å². The van der Waals surface area contributed by atoms with E-state index in [1.165, 1.54) is 26.2 Å². The minimum absolute atomic E-state index is 0.00219. The number of ether oxygens (including phenoxy) is 5. The molecule has 0 spiro atoms. The lowest BCUT2D eigenvalue weighted by Gasteiger charge is -2.39.